The number of likely N-dealkylation sites (N-methyl/N-ethyl adjacent to an activating group) is 1. The molecule has 0 spiro atoms. The fraction of sp³-hybridized carbons (Fsp3) is 0.961. The molecule has 4 N–H and O–H groups in total. The molecular weight excluding hydrogens is 747 g/mol. The molecule has 9 nitrogen and oxygen atoms in total. The summed E-state index contributed by atoms with van der Waals surface area (Å²) in [6.07, 6.45) is 40.4. The molecule has 0 aliphatic rings. The predicted molar refractivity (Wildman–Crippen MR) is 259 cm³/mol. The van der Waals surface area contributed by atoms with Crippen LogP contribution in [0, 0.1) is 0 Å². The Kier molecular flexibility index (Phi) is 46.2. The highest BCUT2D eigenvalue weighted by molar-refractivity contribution is 5.76. The second-order valence-electron chi connectivity index (χ2n) is 18.3. The van der Waals surface area contributed by atoms with Gasteiger partial charge >= 0.3 is 0 Å². The van der Waals surface area contributed by atoms with E-state index in [1.54, 1.807) is 0 Å². The van der Waals surface area contributed by atoms with Crippen LogP contribution >= 0.6 is 0 Å². The smallest absolute Gasteiger partial charge is 0.223 e. The molecule has 1 atom stereocenters. The highest BCUT2D eigenvalue weighted by atomic mass is 16.3. The number of aliphatic hydroxyl groups excluding tert-OH is 2. The van der Waals surface area contributed by atoms with Gasteiger partial charge in [0.05, 0.1) is 12.7 Å². The number of nitrogens with zero attached hydrogens (tertiary/aromatic N) is 3. The van der Waals surface area contributed by atoms with Crippen molar-refractivity contribution >= 4 is 11.8 Å². The third kappa shape index (κ3) is 42.1. The molecule has 0 aromatic heterocycles. The van der Waals surface area contributed by atoms with E-state index < -0.39 is 6.10 Å². The maximum Gasteiger partial charge on any atom is 0.223 e. The van der Waals surface area contributed by atoms with E-state index in [0.717, 1.165) is 58.4 Å². The van der Waals surface area contributed by atoms with Gasteiger partial charge in [-0.2, -0.15) is 0 Å². The van der Waals surface area contributed by atoms with Crippen molar-refractivity contribution in [2.24, 2.45) is 0 Å². The maximum absolute atomic E-state index is 13.4. The van der Waals surface area contributed by atoms with Crippen molar-refractivity contribution in [2.45, 2.75) is 239 Å². The molecule has 0 rings (SSSR count). The van der Waals surface area contributed by atoms with Crippen LogP contribution in [0.4, 0.5) is 0 Å². The summed E-state index contributed by atoms with van der Waals surface area (Å²) < 4.78 is 0. The van der Waals surface area contributed by atoms with Crippen LogP contribution in [0.5, 0.6) is 0 Å². The number of carbonyl (C=O) groups excluding carboxylic acids is 2. The van der Waals surface area contributed by atoms with Crippen LogP contribution in [0.15, 0.2) is 0 Å². The Bertz CT molecular complexity index is 876. The van der Waals surface area contributed by atoms with Crippen molar-refractivity contribution < 1.29 is 19.8 Å². The molecule has 0 heterocycles. The van der Waals surface area contributed by atoms with Crippen molar-refractivity contribution in [3.8, 4) is 0 Å². The standard InChI is InChI=1S/C51H105N5O4/c1-5-8-11-14-17-20-21-22-23-24-25-26-29-32-39-53-50(59)37-44-55(48-49(58)47-54(4)45-46-57)41-35-38-52-40-36-51(60)56(42-33-30-27-18-15-12-9-6-2)43-34-31-28-19-16-13-10-7-3/h49,52,57-58H,5-48H2,1-4H3,(H,53,59). The predicted octanol–water partition coefficient (Wildman–Crippen LogP) is 11.0. The molecule has 60 heavy (non-hydrogen) atoms. The first-order chi connectivity index (χ1) is 29.4. The van der Waals surface area contributed by atoms with E-state index in [9.17, 15) is 19.8 Å². The molecule has 0 aliphatic heterocycles. The summed E-state index contributed by atoms with van der Waals surface area (Å²) in [7, 11) is 1.91. The van der Waals surface area contributed by atoms with E-state index in [1.807, 2.05) is 11.9 Å². The Morgan fingerprint density at radius 3 is 1.35 bits per heavy atom. The first-order valence-corrected chi connectivity index (χ1v) is 26.3. The molecule has 0 aromatic carbocycles. The number of rotatable bonds is 49. The van der Waals surface area contributed by atoms with Crippen molar-refractivity contribution in [1.29, 1.82) is 0 Å². The number of hydrogen-bond donors (Lipinski definition) is 4. The Hall–Kier alpha value is -1.26. The van der Waals surface area contributed by atoms with Crippen LogP contribution in [-0.4, -0.2) is 122 Å². The fourth-order valence-corrected chi connectivity index (χ4v) is 8.31. The molecule has 0 fully saturated rings. The number of nitrogens with one attached hydrogen (secondary N) is 2. The maximum atomic E-state index is 13.4. The zero-order valence-corrected chi connectivity index (χ0v) is 40.7. The van der Waals surface area contributed by atoms with E-state index in [2.05, 4.69) is 41.2 Å². The monoisotopic (exact) mass is 852 g/mol. The van der Waals surface area contributed by atoms with Gasteiger partial charge in [0.2, 0.25) is 11.8 Å². The van der Waals surface area contributed by atoms with Gasteiger partial charge in [-0.3, -0.25) is 9.59 Å². The highest BCUT2D eigenvalue weighted by Crippen LogP contribution is 2.14. The number of amides is 2. The molecule has 0 bridgehead atoms. The van der Waals surface area contributed by atoms with Gasteiger partial charge in [0.15, 0.2) is 0 Å². The van der Waals surface area contributed by atoms with E-state index in [-0.39, 0.29) is 18.4 Å². The van der Waals surface area contributed by atoms with Crippen molar-refractivity contribution in [2.75, 3.05) is 79.1 Å². The second-order valence-corrected chi connectivity index (χ2v) is 18.3. The number of carbonyl (C=O) groups is 2. The summed E-state index contributed by atoms with van der Waals surface area (Å²) in [6, 6.07) is 0. The van der Waals surface area contributed by atoms with Crippen molar-refractivity contribution in [3.63, 3.8) is 0 Å². The summed E-state index contributed by atoms with van der Waals surface area (Å²) >= 11 is 0. The molecule has 0 saturated carbocycles. The first-order valence-electron chi connectivity index (χ1n) is 26.3. The van der Waals surface area contributed by atoms with E-state index >= 15 is 0 Å². The van der Waals surface area contributed by atoms with Gasteiger partial charge in [-0.05, 0) is 45.8 Å². The quantitative estimate of drug-likeness (QED) is 0.0452. The second kappa shape index (κ2) is 47.2. The summed E-state index contributed by atoms with van der Waals surface area (Å²) in [5, 5.41) is 26.8. The minimum atomic E-state index is -0.557. The van der Waals surface area contributed by atoms with Crippen LogP contribution in [0.1, 0.15) is 233 Å². The number of hydrogen-bond acceptors (Lipinski definition) is 7. The molecular formula is C51H105N5O4. The lowest BCUT2D eigenvalue weighted by Gasteiger charge is -2.27. The Labute approximate surface area is 373 Å². The average molecular weight is 852 g/mol. The van der Waals surface area contributed by atoms with E-state index in [1.165, 1.54) is 173 Å². The molecule has 9 heteroatoms. The lowest BCUT2D eigenvalue weighted by molar-refractivity contribution is -0.131. The average Bonchev–Trinajstić information content (AvgIpc) is 3.23. The first kappa shape index (κ1) is 58.7. The largest absolute Gasteiger partial charge is 0.395 e. The highest BCUT2D eigenvalue weighted by Gasteiger charge is 2.16. The minimum absolute atomic E-state index is 0.0662. The molecule has 0 aliphatic carbocycles. The van der Waals surface area contributed by atoms with Crippen LogP contribution in [0.3, 0.4) is 0 Å². The third-order valence-corrected chi connectivity index (χ3v) is 12.2. The van der Waals surface area contributed by atoms with Crippen LogP contribution in [-0.2, 0) is 9.59 Å². The van der Waals surface area contributed by atoms with Crippen molar-refractivity contribution in [3.05, 3.63) is 0 Å². The van der Waals surface area contributed by atoms with Gasteiger partial charge in [0.1, 0.15) is 0 Å². The molecule has 358 valence electrons. The third-order valence-electron chi connectivity index (χ3n) is 12.2. The summed E-state index contributed by atoms with van der Waals surface area (Å²) in [4.78, 5) is 32.4. The summed E-state index contributed by atoms with van der Waals surface area (Å²) in [6.45, 7) is 13.8. The van der Waals surface area contributed by atoms with Gasteiger partial charge in [0.25, 0.3) is 0 Å². The summed E-state index contributed by atoms with van der Waals surface area (Å²) in [5.74, 6) is 0.368. The molecule has 0 saturated heterocycles. The molecule has 2 amide bonds. The molecule has 1 unspecified atom stereocenters. The molecule has 0 radical (unpaired) electrons. The van der Waals surface area contributed by atoms with Crippen molar-refractivity contribution in [1.82, 2.24) is 25.3 Å². The topological polar surface area (TPSA) is 108 Å². The van der Waals surface area contributed by atoms with Gasteiger partial charge in [-0.1, -0.05) is 194 Å². The summed E-state index contributed by atoms with van der Waals surface area (Å²) in [5.41, 5.74) is 0. The lowest BCUT2D eigenvalue weighted by atomic mass is 10.0. The van der Waals surface area contributed by atoms with Crippen LogP contribution < -0.4 is 10.6 Å². The SMILES string of the molecule is CCCCCCCCCCCCCCCCNC(=O)CCN(CCCNCCC(=O)N(CCCCCCCCCC)CCCCCCCCCC)CC(O)CN(C)CCO. The number of unbranched alkanes of at least 4 members (excludes halogenated alkanes) is 27. The Morgan fingerprint density at radius 1 is 0.467 bits per heavy atom. The normalized spacial score (nSPS) is 12.2. The van der Waals surface area contributed by atoms with Gasteiger partial charge in [-0.15, -0.1) is 0 Å². The Balaban J connectivity index is 4.56. The zero-order chi connectivity index (χ0) is 44.0. The van der Waals surface area contributed by atoms with E-state index in [0.29, 0.717) is 45.6 Å². The zero-order valence-electron chi connectivity index (χ0n) is 40.7. The van der Waals surface area contributed by atoms with E-state index in [4.69, 9.17) is 0 Å². The van der Waals surface area contributed by atoms with Crippen LogP contribution in [0.25, 0.3) is 0 Å². The number of aliphatic hydroxyl groups is 2. The fourth-order valence-electron chi connectivity index (χ4n) is 8.31. The van der Waals surface area contributed by atoms with Gasteiger partial charge in [0, 0.05) is 65.2 Å². The molecule has 0 aromatic rings. The van der Waals surface area contributed by atoms with Gasteiger partial charge < -0.3 is 35.5 Å². The lowest BCUT2D eigenvalue weighted by Crippen LogP contribution is -2.42. The van der Waals surface area contributed by atoms with Crippen LogP contribution in [0.2, 0.25) is 0 Å². The van der Waals surface area contributed by atoms with Gasteiger partial charge in [-0.25, -0.2) is 0 Å². The Morgan fingerprint density at radius 2 is 0.900 bits per heavy atom. The minimum Gasteiger partial charge on any atom is -0.395 e.